The third-order valence-electron chi connectivity index (χ3n) is 5.78. The van der Waals surface area contributed by atoms with Crippen LogP contribution in [0.2, 0.25) is 0 Å². The van der Waals surface area contributed by atoms with Gasteiger partial charge in [0.25, 0.3) is 5.56 Å². The molecular weight excluding hydrogens is 405 g/mol. The number of benzene rings is 1. The second-order valence-electron chi connectivity index (χ2n) is 8.27. The summed E-state index contributed by atoms with van der Waals surface area (Å²) in [4.78, 5) is 31.2. The lowest BCUT2D eigenvalue weighted by Gasteiger charge is -2.28. The fourth-order valence-electron chi connectivity index (χ4n) is 3.80. The number of ether oxygens (including phenoxy) is 1. The van der Waals surface area contributed by atoms with Crippen LogP contribution in [0.25, 0.3) is 10.9 Å². The zero-order chi connectivity index (χ0) is 21.1. The average Bonchev–Trinajstić information content (AvgIpc) is 3.55. The molecule has 0 spiro atoms. The van der Waals surface area contributed by atoms with Crippen LogP contribution in [0, 0.1) is 11.7 Å². The van der Waals surface area contributed by atoms with Crippen molar-refractivity contribution in [1.29, 1.82) is 0 Å². The van der Waals surface area contributed by atoms with Gasteiger partial charge < -0.3 is 15.0 Å². The number of aromatic nitrogens is 2. The molecular formula is C22H28FN3O3S. The third kappa shape index (κ3) is 5.33. The Morgan fingerprint density at radius 3 is 2.73 bits per heavy atom. The van der Waals surface area contributed by atoms with E-state index >= 15 is 0 Å². The van der Waals surface area contributed by atoms with Crippen LogP contribution in [0.3, 0.4) is 0 Å². The quantitative estimate of drug-likeness (QED) is 0.659. The summed E-state index contributed by atoms with van der Waals surface area (Å²) < 4.78 is 20.1. The largest absolute Gasteiger partial charge is 0.493 e. The van der Waals surface area contributed by atoms with Crippen LogP contribution < -0.4 is 15.6 Å². The van der Waals surface area contributed by atoms with Crippen LogP contribution >= 0.6 is 11.8 Å². The Hall–Kier alpha value is -2.09. The first-order valence-electron chi connectivity index (χ1n) is 10.8. The van der Waals surface area contributed by atoms with Gasteiger partial charge in [-0.15, -0.1) is 0 Å². The van der Waals surface area contributed by atoms with Crippen LogP contribution in [-0.2, 0) is 10.5 Å². The molecule has 2 saturated carbocycles. The molecule has 1 amide bonds. The number of carbonyl (C=O) groups is 1. The summed E-state index contributed by atoms with van der Waals surface area (Å²) in [5.74, 6) is 1.62. The fraction of sp³-hybridized carbons (Fsp3) is 0.591. The van der Waals surface area contributed by atoms with Crippen LogP contribution in [0.4, 0.5) is 4.39 Å². The van der Waals surface area contributed by atoms with Crippen molar-refractivity contribution in [2.75, 3.05) is 6.61 Å². The molecule has 2 aliphatic carbocycles. The molecule has 162 valence electrons. The van der Waals surface area contributed by atoms with Crippen molar-refractivity contribution in [1.82, 2.24) is 15.3 Å². The van der Waals surface area contributed by atoms with Crippen molar-refractivity contribution in [2.45, 2.75) is 68.9 Å². The standard InChI is InChI=1S/C22H28FN3O3S/c1-2-20(27)24-14-5-7-16(8-6-14)30-12-19-25-18-10-15(29-11-13-3-4-13)9-17(23)21(18)22(28)26-19/h9-10,13-14,16H,2-8,11-12H2,1H3,(H,24,27)(H,25,26,28)/t14-,16-. The minimum atomic E-state index is -0.598. The van der Waals surface area contributed by atoms with E-state index in [4.69, 9.17) is 4.74 Å². The maximum atomic E-state index is 14.4. The molecule has 2 aromatic rings. The molecule has 30 heavy (non-hydrogen) atoms. The van der Waals surface area contributed by atoms with E-state index in [0.717, 1.165) is 38.5 Å². The number of thioether (sulfide) groups is 1. The van der Waals surface area contributed by atoms with Crippen molar-refractivity contribution in [3.8, 4) is 5.75 Å². The monoisotopic (exact) mass is 433 g/mol. The Morgan fingerprint density at radius 2 is 2.03 bits per heavy atom. The molecule has 0 bridgehead atoms. The van der Waals surface area contributed by atoms with E-state index in [-0.39, 0.29) is 17.3 Å². The number of hydrogen-bond donors (Lipinski definition) is 2. The lowest BCUT2D eigenvalue weighted by Crippen LogP contribution is -2.37. The molecule has 2 N–H and O–H groups in total. The summed E-state index contributed by atoms with van der Waals surface area (Å²) in [5, 5.41) is 3.51. The highest BCUT2D eigenvalue weighted by atomic mass is 32.2. The minimum absolute atomic E-state index is 0.0188. The predicted octanol–water partition coefficient (Wildman–Crippen LogP) is 3.92. The molecule has 0 unspecified atom stereocenters. The van der Waals surface area contributed by atoms with Crippen LogP contribution in [0.1, 0.15) is 57.7 Å². The van der Waals surface area contributed by atoms with Crippen LogP contribution in [0.15, 0.2) is 16.9 Å². The Morgan fingerprint density at radius 1 is 1.27 bits per heavy atom. The summed E-state index contributed by atoms with van der Waals surface area (Å²) in [6.45, 7) is 2.44. The van der Waals surface area contributed by atoms with Gasteiger partial charge in [-0.05, 0) is 44.4 Å². The van der Waals surface area contributed by atoms with Gasteiger partial charge >= 0.3 is 0 Å². The molecule has 0 atom stereocenters. The Labute approximate surface area is 179 Å². The van der Waals surface area contributed by atoms with Crippen LogP contribution in [-0.4, -0.2) is 33.8 Å². The molecule has 2 fully saturated rings. The summed E-state index contributed by atoms with van der Waals surface area (Å²) in [7, 11) is 0. The summed E-state index contributed by atoms with van der Waals surface area (Å²) in [6, 6.07) is 3.20. The molecule has 0 aliphatic heterocycles. The van der Waals surface area contributed by atoms with Gasteiger partial charge in [-0.2, -0.15) is 11.8 Å². The molecule has 1 aromatic heterocycles. The van der Waals surface area contributed by atoms with E-state index in [1.165, 1.54) is 6.07 Å². The molecule has 0 radical (unpaired) electrons. The Balaban J connectivity index is 1.38. The van der Waals surface area contributed by atoms with E-state index in [1.54, 1.807) is 17.8 Å². The van der Waals surface area contributed by atoms with Crippen molar-refractivity contribution in [3.63, 3.8) is 0 Å². The molecule has 8 heteroatoms. The van der Waals surface area contributed by atoms with Crippen molar-refractivity contribution >= 4 is 28.6 Å². The zero-order valence-electron chi connectivity index (χ0n) is 17.2. The van der Waals surface area contributed by atoms with Gasteiger partial charge in [0.2, 0.25) is 5.91 Å². The summed E-state index contributed by atoms with van der Waals surface area (Å²) >= 11 is 1.75. The molecule has 0 saturated heterocycles. The number of hydrogen-bond acceptors (Lipinski definition) is 5. The number of amides is 1. The average molecular weight is 434 g/mol. The minimum Gasteiger partial charge on any atom is -0.493 e. The first-order chi connectivity index (χ1) is 14.5. The second kappa shape index (κ2) is 9.37. The van der Waals surface area contributed by atoms with Crippen molar-refractivity contribution in [3.05, 3.63) is 34.1 Å². The number of nitrogens with one attached hydrogen (secondary N) is 2. The predicted molar refractivity (Wildman–Crippen MR) is 116 cm³/mol. The topological polar surface area (TPSA) is 84.1 Å². The highest BCUT2D eigenvalue weighted by molar-refractivity contribution is 7.99. The number of fused-ring (bicyclic) bond motifs is 1. The fourth-order valence-corrected chi connectivity index (χ4v) is 4.93. The van der Waals surface area contributed by atoms with Gasteiger partial charge in [0, 0.05) is 29.8 Å². The molecule has 4 rings (SSSR count). The number of rotatable bonds is 8. The molecule has 1 heterocycles. The lowest BCUT2D eigenvalue weighted by molar-refractivity contribution is -0.121. The highest BCUT2D eigenvalue weighted by Gasteiger charge is 2.24. The van der Waals surface area contributed by atoms with E-state index < -0.39 is 11.4 Å². The van der Waals surface area contributed by atoms with E-state index in [9.17, 15) is 14.0 Å². The third-order valence-corrected chi connectivity index (χ3v) is 7.16. The van der Waals surface area contributed by atoms with Crippen molar-refractivity contribution < 1.29 is 13.9 Å². The first kappa shape index (κ1) is 21.2. The SMILES string of the molecule is CCC(=O)N[C@H]1CC[C@H](SCc2nc3cc(OCC4CC4)cc(F)c3c(=O)[nH]2)CC1. The Kier molecular flexibility index (Phi) is 6.61. The molecule has 6 nitrogen and oxygen atoms in total. The molecule has 2 aliphatic rings. The van der Waals surface area contributed by atoms with E-state index in [0.29, 0.717) is 47.0 Å². The number of H-pyrrole nitrogens is 1. The van der Waals surface area contributed by atoms with E-state index in [2.05, 4.69) is 15.3 Å². The summed E-state index contributed by atoms with van der Waals surface area (Å²) in [5.41, 5.74) is -0.112. The van der Waals surface area contributed by atoms with Gasteiger partial charge in [0.05, 0.1) is 17.9 Å². The molecule has 1 aromatic carbocycles. The van der Waals surface area contributed by atoms with Crippen molar-refractivity contribution in [2.24, 2.45) is 5.92 Å². The number of aromatic amines is 1. The maximum Gasteiger partial charge on any atom is 0.261 e. The van der Waals surface area contributed by atoms with Crippen LogP contribution in [0.5, 0.6) is 5.75 Å². The smallest absolute Gasteiger partial charge is 0.261 e. The van der Waals surface area contributed by atoms with Gasteiger partial charge in [-0.25, -0.2) is 9.37 Å². The normalized spacial score (nSPS) is 21.5. The second-order valence-corrected chi connectivity index (χ2v) is 9.56. The van der Waals surface area contributed by atoms with E-state index in [1.807, 2.05) is 6.92 Å². The van der Waals surface area contributed by atoms with Gasteiger partial charge in [-0.1, -0.05) is 6.92 Å². The first-order valence-corrected chi connectivity index (χ1v) is 11.8. The maximum absolute atomic E-state index is 14.4. The van der Waals surface area contributed by atoms with Gasteiger partial charge in [-0.3, -0.25) is 9.59 Å². The van der Waals surface area contributed by atoms with Gasteiger partial charge in [0.1, 0.15) is 22.8 Å². The number of nitrogens with zero attached hydrogens (tertiary/aromatic N) is 1. The lowest BCUT2D eigenvalue weighted by atomic mass is 9.95. The Bertz CT molecular complexity index is 968. The number of halogens is 1. The zero-order valence-corrected chi connectivity index (χ0v) is 18.0. The summed E-state index contributed by atoms with van der Waals surface area (Å²) in [6.07, 6.45) is 6.81. The highest BCUT2D eigenvalue weighted by Crippen LogP contribution is 2.32. The van der Waals surface area contributed by atoms with Gasteiger partial charge in [0.15, 0.2) is 0 Å². The number of carbonyl (C=O) groups excluding carboxylic acids is 1.